The molecule has 22 heavy (non-hydrogen) atoms. The summed E-state index contributed by atoms with van der Waals surface area (Å²) in [4.78, 5) is 27.8. The molecule has 2 amide bonds. The fraction of sp³-hybridized carbons (Fsp3) is 0.294. The Bertz CT molecular complexity index is 681. The molecule has 1 atom stereocenters. The van der Waals surface area contributed by atoms with Crippen LogP contribution in [0, 0.1) is 0 Å². The van der Waals surface area contributed by atoms with Crippen LogP contribution in [0.2, 0.25) is 0 Å². The summed E-state index contributed by atoms with van der Waals surface area (Å²) < 4.78 is 0. The van der Waals surface area contributed by atoms with Crippen molar-refractivity contribution in [3.8, 4) is 0 Å². The van der Waals surface area contributed by atoms with E-state index < -0.39 is 6.04 Å². The van der Waals surface area contributed by atoms with Gasteiger partial charge in [0.2, 0.25) is 5.91 Å². The zero-order valence-electron chi connectivity index (χ0n) is 12.4. The van der Waals surface area contributed by atoms with Gasteiger partial charge in [0, 0.05) is 23.5 Å². The molecule has 1 aromatic heterocycles. The summed E-state index contributed by atoms with van der Waals surface area (Å²) in [6, 6.07) is 10.5. The molecular weight excluding hydrogens is 296 g/mol. The van der Waals surface area contributed by atoms with Crippen molar-refractivity contribution in [2.75, 3.05) is 6.54 Å². The van der Waals surface area contributed by atoms with Crippen LogP contribution in [0.4, 0.5) is 0 Å². The summed E-state index contributed by atoms with van der Waals surface area (Å²) in [5.74, 6) is -0.240. The van der Waals surface area contributed by atoms with Crippen LogP contribution in [0.15, 0.2) is 41.8 Å². The van der Waals surface area contributed by atoms with Gasteiger partial charge >= 0.3 is 0 Å². The second-order valence-corrected chi connectivity index (χ2v) is 6.44. The Morgan fingerprint density at radius 2 is 2.00 bits per heavy atom. The van der Waals surface area contributed by atoms with E-state index in [1.807, 2.05) is 23.1 Å². The third-order valence-electron chi connectivity index (χ3n) is 3.87. The molecule has 2 heterocycles. The first kappa shape index (κ1) is 14.8. The minimum Gasteiger partial charge on any atom is -0.341 e. The van der Waals surface area contributed by atoms with Crippen molar-refractivity contribution in [3.05, 3.63) is 57.8 Å². The molecule has 0 saturated heterocycles. The molecule has 2 aromatic rings. The smallest absolute Gasteiger partial charge is 0.251 e. The molecule has 0 radical (unpaired) electrons. The minimum atomic E-state index is -0.520. The van der Waals surface area contributed by atoms with Crippen LogP contribution in [-0.2, 0) is 17.8 Å². The molecule has 4 nitrogen and oxygen atoms in total. The Balaban J connectivity index is 1.62. The van der Waals surface area contributed by atoms with Crippen molar-refractivity contribution in [1.82, 2.24) is 10.2 Å². The molecule has 1 aliphatic rings. The van der Waals surface area contributed by atoms with Crippen molar-refractivity contribution < 1.29 is 9.59 Å². The monoisotopic (exact) mass is 314 g/mol. The predicted molar refractivity (Wildman–Crippen MR) is 86.8 cm³/mol. The Kier molecular flexibility index (Phi) is 4.24. The lowest BCUT2D eigenvalue weighted by Gasteiger charge is -2.29. The van der Waals surface area contributed by atoms with Gasteiger partial charge in [-0.05, 0) is 42.5 Å². The number of carbonyl (C=O) groups excluding carboxylic acids is 2. The number of nitrogens with one attached hydrogen (secondary N) is 1. The van der Waals surface area contributed by atoms with Crippen molar-refractivity contribution in [2.24, 2.45) is 0 Å². The summed E-state index contributed by atoms with van der Waals surface area (Å²) in [6.45, 7) is 3.10. The molecule has 0 saturated carbocycles. The van der Waals surface area contributed by atoms with Gasteiger partial charge in [0.15, 0.2) is 0 Å². The largest absolute Gasteiger partial charge is 0.341 e. The molecule has 0 aliphatic carbocycles. The third-order valence-corrected chi connectivity index (χ3v) is 4.90. The summed E-state index contributed by atoms with van der Waals surface area (Å²) in [5, 5.41) is 4.85. The van der Waals surface area contributed by atoms with Gasteiger partial charge < -0.3 is 10.2 Å². The molecular formula is C17H18N2O2S. The Morgan fingerprint density at radius 3 is 2.77 bits per heavy atom. The number of nitrogens with zero attached hydrogens (tertiary/aromatic N) is 1. The van der Waals surface area contributed by atoms with Crippen molar-refractivity contribution in [2.45, 2.75) is 25.9 Å². The van der Waals surface area contributed by atoms with E-state index in [1.54, 1.807) is 30.4 Å². The summed E-state index contributed by atoms with van der Waals surface area (Å²) in [5.41, 5.74) is 1.80. The normalized spacial score (nSPS) is 15.0. The Labute approximate surface area is 133 Å². The first-order valence-electron chi connectivity index (χ1n) is 7.35. The van der Waals surface area contributed by atoms with Crippen LogP contribution in [0.5, 0.6) is 0 Å². The molecule has 114 valence electrons. The van der Waals surface area contributed by atoms with Crippen LogP contribution >= 0.6 is 11.3 Å². The van der Waals surface area contributed by atoms with E-state index in [-0.39, 0.29) is 11.8 Å². The number of thiophene rings is 1. The van der Waals surface area contributed by atoms with Gasteiger partial charge in [0.1, 0.15) is 6.04 Å². The summed E-state index contributed by atoms with van der Waals surface area (Å²) >= 11 is 1.75. The van der Waals surface area contributed by atoms with Gasteiger partial charge in [0.05, 0.1) is 0 Å². The van der Waals surface area contributed by atoms with Gasteiger partial charge in [-0.3, -0.25) is 9.59 Å². The van der Waals surface area contributed by atoms with Gasteiger partial charge in [-0.1, -0.05) is 18.2 Å². The standard InChI is InChI=1S/C17H18N2O2S/c1-12(18-16(20)13-5-3-2-4-6-13)17(21)19-9-7-15-14(11-19)8-10-22-15/h2-6,8,10,12H,7,9,11H2,1H3,(H,18,20). The Hall–Kier alpha value is -2.14. The van der Waals surface area contributed by atoms with E-state index in [1.165, 1.54) is 10.4 Å². The van der Waals surface area contributed by atoms with Crippen LogP contribution in [0.25, 0.3) is 0 Å². The number of rotatable bonds is 3. The zero-order valence-corrected chi connectivity index (χ0v) is 13.2. The van der Waals surface area contributed by atoms with E-state index in [9.17, 15) is 9.59 Å². The quantitative estimate of drug-likeness (QED) is 0.946. The van der Waals surface area contributed by atoms with E-state index in [4.69, 9.17) is 0 Å². The van der Waals surface area contributed by atoms with E-state index >= 15 is 0 Å². The lowest BCUT2D eigenvalue weighted by atomic mass is 10.1. The number of benzene rings is 1. The van der Waals surface area contributed by atoms with Crippen molar-refractivity contribution in [3.63, 3.8) is 0 Å². The zero-order chi connectivity index (χ0) is 15.5. The SMILES string of the molecule is CC(NC(=O)c1ccccc1)C(=O)N1CCc2sccc2C1. The highest BCUT2D eigenvalue weighted by Crippen LogP contribution is 2.24. The first-order valence-corrected chi connectivity index (χ1v) is 8.23. The maximum Gasteiger partial charge on any atom is 0.251 e. The molecule has 1 unspecified atom stereocenters. The van der Waals surface area contributed by atoms with Gasteiger partial charge in [-0.15, -0.1) is 11.3 Å². The molecule has 0 spiro atoms. The highest BCUT2D eigenvalue weighted by atomic mass is 32.1. The molecule has 3 rings (SSSR count). The number of hydrogen-bond donors (Lipinski definition) is 1. The van der Waals surface area contributed by atoms with Crippen LogP contribution in [-0.4, -0.2) is 29.3 Å². The maximum absolute atomic E-state index is 12.5. The topological polar surface area (TPSA) is 49.4 Å². The predicted octanol–water partition coefficient (Wildman–Crippen LogP) is 2.45. The lowest BCUT2D eigenvalue weighted by molar-refractivity contribution is -0.133. The molecule has 1 aromatic carbocycles. The van der Waals surface area contributed by atoms with Gasteiger partial charge in [-0.25, -0.2) is 0 Å². The van der Waals surface area contributed by atoms with Crippen molar-refractivity contribution >= 4 is 23.2 Å². The molecule has 5 heteroatoms. The van der Waals surface area contributed by atoms with Gasteiger partial charge in [-0.2, -0.15) is 0 Å². The number of hydrogen-bond acceptors (Lipinski definition) is 3. The second-order valence-electron chi connectivity index (χ2n) is 5.44. The maximum atomic E-state index is 12.5. The minimum absolute atomic E-state index is 0.0267. The van der Waals surface area contributed by atoms with Crippen LogP contribution in [0.3, 0.4) is 0 Å². The van der Waals surface area contributed by atoms with Crippen LogP contribution in [0.1, 0.15) is 27.7 Å². The van der Waals surface area contributed by atoms with Crippen molar-refractivity contribution in [1.29, 1.82) is 0 Å². The number of carbonyl (C=O) groups is 2. The van der Waals surface area contributed by atoms with Gasteiger partial charge in [0.25, 0.3) is 5.91 Å². The highest BCUT2D eigenvalue weighted by molar-refractivity contribution is 7.10. The average molecular weight is 314 g/mol. The Morgan fingerprint density at radius 1 is 1.23 bits per heavy atom. The molecule has 1 N–H and O–H groups in total. The number of amides is 2. The molecule has 1 aliphatic heterocycles. The summed E-state index contributed by atoms with van der Waals surface area (Å²) in [6.07, 6.45) is 0.901. The molecule has 0 fully saturated rings. The fourth-order valence-corrected chi connectivity index (χ4v) is 3.53. The first-order chi connectivity index (χ1) is 10.6. The average Bonchev–Trinajstić information content (AvgIpc) is 3.02. The number of fused-ring (bicyclic) bond motifs is 1. The highest BCUT2D eigenvalue weighted by Gasteiger charge is 2.26. The van der Waals surface area contributed by atoms with E-state index in [2.05, 4.69) is 16.8 Å². The lowest BCUT2D eigenvalue weighted by Crippen LogP contribution is -2.48. The third kappa shape index (κ3) is 3.04. The fourth-order valence-electron chi connectivity index (χ4n) is 2.64. The molecule has 0 bridgehead atoms. The summed E-state index contributed by atoms with van der Waals surface area (Å²) in [7, 11) is 0. The second kappa shape index (κ2) is 6.32. The van der Waals surface area contributed by atoms with E-state index in [0.717, 1.165) is 13.0 Å². The van der Waals surface area contributed by atoms with Crippen LogP contribution < -0.4 is 5.32 Å². The van der Waals surface area contributed by atoms with E-state index in [0.29, 0.717) is 12.1 Å².